The van der Waals surface area contributed by atoms with Gasteiger partial charge in [0, 0.05) is 25.5 Å². The van der Waals surface area contributed by atoms with Gasteiger partial charge in [0.15, 0.2) is 5.03 Å². The first-order valence-electron chi connectivity index (χ1n) is 6.12. The third-order valence-electron chi connectivity index (χ3n) is 2.76. The Morgan fingerprint density at radius 3 is 2.67 bits per heavy atom. The van der Waals surface area contributed by atoms with Gasteiger partial charge in [-0.1, -0.05) is 6.07 Å². The van der Waals surface area contributed by atoms with Gasteiger partial charge in [-0.2, -0.15) is 0 Å². The summed E-state index contributed by atoms with van der Waals surface area (Å²) in [7, 11) is -3.70. The zero-order valence-electron chi connectivity index (χ0n) is 11.2. The van der Waals surface area contributed by atoms with Crippen molar-refractivity contribution < 1.29 is 18.3 Å². The standard InChI is InChI=1S/C12H14N4O4S/c1-2-16-7-11(14-8-16)21(19,20)15-6-9-3-4-10(12(17)18)13-5-9/h3-5,7-8,15H,2,6H2,1H3,(H,17,18). The summed E-state index contributed by atoms with van der Waals surface area (Å²) in [6.45, 7) is 2.51. The van der Waals surface area contributed by atoms with Crippen LogP contribution < -0.4 is 4.72 Å². The minimum Gasteiger partial charge on any atom is -0.477 e. The van der Waals surface area contributed by atoms with Gasteiger partial charge in [0.1, 0.15) is 5.69 Å². The Labute approximate surface area is 121 Å². The molecule has 0 aliphatic heterocycles. The van der Waals surface area contributed by atoms with E-state index in [0.717, 1.165) is 0 Å². The van der Waals surface area contributed by atoms with E-state index < -0.39 is 16.0 Å². The molecule has 2 aromatic heterocycles. The summed E-state index contributed by atoms with van der Waals surface area (Å²) in [4.78, 5) is 18.2. The number of carboxylic acid groups (broad SMARTS) is 1. The first-order valence-corrected chi connectivity index (χ1v) is 7.60. The number of hydrogen-bond donors (Lipinski definition) is 2. The molecule has 21 heavy (non-hydrogen) atoms. The molecular weight excluding hydrogens is 296 g/mol. The lowest BCUT2D eigenvalue weighted by Gasteiger charge is -2.04. The molecular formula is C12H14N4O4S. The molecule has 0 bridgehead atoms. The van der Waals surface area contributed by atoms with Gasteiger partial charge in [0.05, 0.1) is 6.33 Å². The number of nitrogens with zero attached hydrogens (tertiary/aromatic N) is 3. The topological polar surface area (TPSA) is 114 Å². The SMILES string of the molecule is CCn1cnc(S(=O)(=O)NCc2ccc(C(=O)O)nc2)c1. The van der Waals surface area contributed by atoms with Crippen molar-refractivity contribution >= 4 is 16.0 Å². The fraction of sp³-hybridized carbons (Fsp3) is 0.250. The predicted molar refractivity (Wildman–Crippen MR) is 73.1 cm³/mol. The Kier molecular flexibility index (Phi) is 4.34. The zero-order chi connectivity index (χ0) is 15.5. The molecule has 0 saturated carbocycles. The summed E-state index contributed by atoms with van der Waals surface area (Å²) in [6.07, 6.45) is 4.20. The van der Waals surface area contributed by atoms with Crippen molar-refractivity contribution in [2.45, 2.75) is 25.0 Å². The summed E-state index contributed by atoms with van der Waals surface area (Å²) >= 11 is 0. The molecule has 0 spiro atoms. The quantitative estimate of drug-likeness (QED) is 0.802. The Hall–Kier alpha value is -2.26. The van der Waals surface area contributed by atoms with Crippen molar-refractivity contribution in [1.82, 2.24) is 19.3 Å². The van der Waals surface area contributed by atoms with Crippen molar-refractivity contribution in [2.24, 2.45) is 0 Å². The molecule has 0 saturated heterocycles. The van der Waals surface area contributed by atoms with Crippen LogP contribution in [0.25, 0.3) is 0 Å². The zero-order valence-corrected chi connectivity index (χ0v) is 12.0. The van der Waals surface area contributed by atoms with Crippen LogP contribution in [0.15, 0.2) is 35.9 Å². The third kappa shape index (κ3) is 3.64. The number of pyridine rings is 1. The monoisotopic (exact) mass is 310 g/mol. The van der Waals surface area contributed by atoms with Gasteiger partial charge in [-0.05, 0) is 18.6 Å². The van der Waals surface area contributed by atoms with Crippen molar-refractivity contribution in [1.29, 1.82) is 0 Å². The number of sulfonamides is 1. The van der Waals surface area contributed by atoms with E-state index >= 15 is 0 Å². The lowest BCUT2D eigenvalue weighted by atomic mass is 10.2. The molecule has 2 rings (SSSR count). The van der Waals surface area contributed by atoms with E-state index in [4.69, 9.17) is 5.11 Å². The highest BCUT2D eigenvalue weighted by molar-refractivity contribution is 7.89. The van der Waals surface area contributed by atoms with E-state index in [1.807, 2.05) is 6.92 Å². The third-order valence-corrected chi connectivity index (χ3v) is 4.05. The number of nitrogens with one attached hydrogen (secondary N) is 1. The molecule has 0 aliphatic carbocycles. The Morgan fingerprint density at radius 1 is 1.38 bits per heavy atom. The van der Waals surface area contributed by atoms with E-state index in [2.05, 4.69) is 14.7 Å². The molecule has 0 radical (unpaired) electrons. The van der Waals surface area contributed by atoms with Crippen LogP contribution in [0.5, 0.6) is 0 Å². The molecule has 0 unspecified atom stereocenters. The lowest BCUT2D eigenvalue weighted by Crippen LogP contribution is -2.23. The number of carbonyl (C=O) groups is 1. The maximum atomic E-state index is 12.0. The molecule has 2 N–H and O–H groups in total. The van der Waals surface area contributed by atoms with Crippen LogP contribution in [0.2, 0.25) is 0 Å². The van der Waals surface area contributed by atoms with E-state index in [1.54, 1.807) is 4.57 Å². The molecule has 8 nitrogen and oxygen atoms in total. The highest BCUT2D eigenvalue weighted by Gasteiger charge is 2.17. The van der Waals surface area contributed by atoms with Gasteiger partial charge >= 0.3 is 5.97 Å². The van der Waals surface area contributed by atoms with Crippen molar-refractivity contribution in [2.75, 3.05) is 0 Å². The Bertz CT molecular complexity index is 737. The molecule has 2 heterocycles. The summed E-state index contributed by atoms with van der Waals surface area (Å²) in [5.41, 5.74) is 0.460. The molecule has 0 aliphatic rings. The Morgan fingerprint density at radius 2 is 2.14 bits per heavy atom. The number of hydrogen-bond acceptors (Lipinski definition) is 5. The Balaban J connectivity index is 2.06. The minimum absolute atomic E-state index is 0.00815. The van der Waals surface area contributed by atoms with E-state index in [1.165, 1.54) is 30.9 Å². The van der Waals surface area contributed by atoms with Crippen molar-refractivity contribution in [3.05, 3.63) is 42.1 Å². The largest absolute Gasteiger partial charge is 0.477 e. The first-order chi connectivity index (χ1) is 9.92. The van der Waals surface area contributed by atoms with Crippen LogP contribution >= 0.6 is 0 Å². The van der Waals surface area contributed by atoms with Gasteiger partial charge in [-0.3, -0.25) is 0 Å². The number of rotatable bonds is 6. The fourth-order valence-electron chi connectivity index (χ4n) is 1.56. The molecule has 0 atom stereocenters. The number of aromatic nitrogens is 3. The van der Waals surface area contributed by atoms with Crippen LogP contribution in [-0.4, -0.2) is 34.0 Å². The molecule has 0 fully saturated rings. The average molecular weight is 310 g/mol. The highest BCUT2D eigenvalue weighted by Crippen LogP contribution is 2.07. The van der Waals surface area contributed by atoms with Crippen molar-refractivity contribution in [3.8, 4) is 0 Å². The lowest BCUT2D eigenvalue weighted by molar-refractivity contribution is 0.0690. The summed E-state index contributed by atoms with van der Waals surface area (Å²) < 4.78 is 28.1. The van der Waals surface area contributed by atoms with Crippen LogP contribution in [-0.2, 0) is 23.1 Å². The van der Waals surface area contributed by atoms with Crippen molar-refractivity contribution in [3.63, 3.8) is 0 Å². The molecule has 112 valence electrons. The summed E-state index contributed by atoms with van der Waals surface area (Å²) in [5, 5.41) is 8.67. The summed E-state index contributed by atoms with van der Waals surface area (Å²) in [5.74, 6) is -1.13. The number of carboxylic acids is 1. The van der Waals surface area contributed by atoms with Gasteiger partial charge in [0.25, 0.3) is 10.0 Å². The normalized spacial score (nSPS) is 11.5. The highest BCUT2D eigenvalue weighted by atomic mass is 32.2. The second-order valence-electron chi connectivity index (χ2n) is 4.22. The number of aromatic carboxylic acids is 1. The van der Waals surface area contributed by atoms with Gasteiger partial charge in [-0.25, -0.2) is 27.9 Å². The predicted octanol–water partition coefficient (Wildman–Crippen LogP) is 0.475. The van der Waals surface area contributed by atoms with Gasteiger partial charge in [0.2, 0.25) is 0 Å². The van der Waals surface area contributed by atoms with Crippen LogP contribution in [0.3, 0.4) is 0 Å². The van der Waals surface area contributed by atoms with Gasteiger partial charge < -0.3 is 9.67 Å². The minimum atomic E-state index is -3.70. The fourth-order valence-corrected chi connectivity index (χ4v) is 2.52. The summed E-state index contributed by atoms with van der Waals surface area (Å²) in [6, 6.07) is 2.82. The van der Waals surface area contributed by atoms with Crippen LogP contribution in [0.4, 0.5) is 0 Å². The maximum Gasteiger partial charge on any atom is 0.354 e. The van der Waals surface area contributed by atoms with E-state index in [0.29, 0.717) is 12.1 Å². The average Bonchev–Trinajstić information content (AvgIpc) is 2.95. The maximum absolute atomic E-state index is 12.0. The number of imidazole rings is 1. The van der Waals surface area contributed by atoms with E-state index in [-0.39, 0.29) is 17.3 Å². The van der Waals surface area contributed by atoms with Crippen LogP contribution in [0, 0.1) is 0 Å². The van der Waals surface area contributed by atoms with E-state index in [9.17, 15) is 13.2 Å². The molecule has 9 heteroatoms. The number of aryl methyl sites for hydroxylation is 1. The molecule has 0 amide bonds. The smallest absolute Gasteiger partial charge is 0.354 e. The van der Waals surface area contributed by atoms with Crippen LogP contribution in [0.1, 0.15) is 23.0 Å². The first kappa shape index (κ1) is 15.1. The molecule has 0 aromatic carbocycles. The second-order valence-corrected chi connectivity index (χ2v) is 5.94. The molecule has 2 aromatic rings. The van der Waals surface area contributed by atoms with Gasteiger partial charge in [-0.15, -0.1) is 0 Å². The second kappa shape index (κ2) is 6.02.